The van der Waals surface area contributed by atoms with Crippen molar-refractivity contribution in [3.8, 4) is 17.1 Å². The van der Waals surface area contributed by atoms with E-state index >= 15 is 0 Å². The first kappa shape index (κ1) is 10.5. The Morgan fingerprint density at radius 2 is 1.67 bits per heavy atom. The minimum Gasteiger partial charge on any atom is -0.384 e. The molecule has 4 nitrogen and oxygen atoms in total. The van der Waals surface area contributed by atoms with Crippen LogP contribution in [0.25, 0.3) is 17.1 Å². The maximum Gasteiger partial charge on any atom is 0.127 e. The Kier molecular flexibility index (Phi) is 2.53. The number of rotatable bonds is 2. The van der Waals surface area contributed by atoms with Crippen LogP contribution in [0.3, 0.4) is 0 Å². The second-order valence-electron chi connectivity index (χ2n) is 3.92. The molecule has 18 heavy (non-hydrogen) atoms. The zero-order valence-electron chi connectivity index (χ0n) is 9.69. The lowest BCUT2D eigenvalue weighted by Crippen LogP contribution is -2.01. The molecule has 0 unspecified atom stereocenters. The molecular weight excluding hydrogens is 224 g/mol. The van der Waals surface area contributed by atoms with Crippen LogP contribution in [0.2, 0.25) is 0 Å². The normalized spacial score (nSPS) is 10.4. The largest absolute Gasteiger partial charge is 0.384 e. The van der Waals surface area contributed by atoms with Crippen LogP contribution in [0.1, 0.15) is 0 Å². The number of anilines is 1. The SMILES string of the molecule is Nc1cc(-c2ccccn2)nn1-c1ccccc1. The number of hydrogen-bond acceptors (Lipinski definition) is 3. The van der Waals surface area contributed by atoms with Gasteiger partial charge in [0.15, 0.2) is 0 Å². The second kappa shape index (κ2) is 4.33. The zero-order valence-corrected chi connectivity index (χ0v) is 9.69. The van der Waals surface area contributed by atoms with Crippen molar-refractivity contribution < 1.29 is 0 Å². The molecule has 0 bridgehead atoms. The molecule has 0 atom stereocenters. The summed E-state index contributed by atoms with van der Waals surface area (Å²) in [5.74, 6) is 0.599. The third kappa shape index (κ3) is 1.84. The third-order valence-electron chi connectivity index (χ3n) is 2.66. The number of pyridine rings is 1. The molecule has 1 aromatic carbocycles. The summed E-state index contributed by atoms with van der Waals surface area (Å²) in [6, 6.07) is 17.3. The van der Waals surface area contributed by atoms with E-state index in [1.807, 2.05) is 54.6 Å². The Morgan fingerprint density at radius 1 is 0.889 bits per heavy atom. The minimum absolute atomic E-state index is 0.599. The lowest BCUT2D eigenvalue weighted by molar-refractivity contribution is 0.893. The van der Waals surface area contributed by atoms with Crippen LogP contribution in [0.4, 0.5) is 5.82 Å². The number of benzene rings is 1. The summed E-state index contributed by atoms with van der Waals surface area (Å²) < 4.78 is 1.71. The van der Waals surface area contributed by atoms with Crippen molar-refractivity contribution in [2.45, 2.75) is 0 Å². The predicted octanol–water partition coefficient (Wildman–Crippen LogP) is 2.52. The van der Waals surface area contributed by atoms with Gasteiger partial charge in [0.25, 0.3) is 0 Å². The molecule has 2 heterocycles. The molecule has 2 N–H and O–H groups in total. The highest BCUT2D eigenvalue weighted by molar-refractivity contribution is 5.59. The monoisotopic (exact) mass is 236 g/mol. The van der Waals surface area contributed by atoms with E-state index in [4.69, 9.17) is 5.73 Å². The van der Waals surface area contributed by atoms with Crippen LogP contribution in [-0.4, -0.2) is 14.8 Å². The summed E-state index contributed by atoms with van der Waals surface area (Å²) in [5, 5.41) is 4.48. The van der Waals surface area contributed by atoms with E-state index in [9.17, 15) is 0 Å². The van der Waals surface area contributed by atoms with Crippen LogP contribution in [0, 0.1) is 0 Å². The fourth-order valence-electron chi connectivity index (χ4n) is 1.81. The van der Waals surface area contributed by atoms with Crippen molar-refractivity contribution >= 4 is 5.82 Å². The standard InChI is InChI=1S/C14H12N4/c15-14-10-13(12-8-4-5-9-16-12)17-18(14)11-6-2-1-3-7-11/h1-10H,15H2. The molecule has 88 valence electrons. The molecule has 0 saturated heterocycles. The second-order valence-corrected chi connectivity index (χ2v) is 3.92. The average molecular weight is 236 g/mol. The molecule has 0 saturated carbocycles. The third-order valence-corrected chi connectivity index (χ3v) is 2.66. The van der Waals surface area contributed by atoms with E-state index in [-0.39, 0.29) is 0 Å². The van der Waals surface area contributed by atoms with Gasteiger partial charge in [-0.15, -0.1) is 0 Å². The maximum absolute atomic E-state index is 5.98. The molecule has 0 amide bonds. The van der Waals surface area contributed by atoms with Gasteiger partial charge in [0.2, 0.25) is 0 Å². The quantitative estimate of drug-likeness (QED) is 0.743. The molecule has 4 heteroatoms. The molecule has 3 rings (SSSR count). The number of nitrogens with two attached hydrogens (primary N) is 1. The molecule has 3 aromatic rings. The van der Waals surface area contributed by atoms with Crippen LogP contribution < -0.4 is 5.73 Å². The number of para-hydroxylation sites is 1. The van der Waals surface area contributed by atoms with Crippen molar-refractivity contribution in [3.63, 3.8) is 0 Å². The zero-order chi connectivity index (χ0) is 12.4. The van der Waals surface area contributed by atoms with Gasteiger partial charge in [0.05, 0.1) is 11.4 Å². The Balaban J connectivity index is 2.07. The summed E-state index contributed by atoms with van der Waals surface area (Å²) in [7, 11) is 0. The summed E-state index contributed by atoms with van der Waals surface area (Å²) in [6.45, 7) is 0. The Labute approximate surface area is 105 Å². The van der Waals surface area contributed by atoms with Gasteiger partial charge in [-0.05, 0) is 24.3 Å². The Bertz CT molecular complexity index is 644. The van der Waals surface area contributed by atoms with E-state index in [0.717, 1.165) is 17.1 Å². The van der Waals surface area contributed by atoms with E-state index in [0.29, 0.717) is 5.82 Å². The summed E-state index contributed by atoms with van der Waals surface area (Å²) in [5.41, 5.74) is 8.52. The average Bonchev–Trinajstić information content (AvgIpc) is 2.83. The van der Waals surface area contributed by atoms with Gasteiger partial charge in [0, 0.05) is 12.3 Å². The molecule has 2 aromatic heterocycles. The van der Waals surface area contributed by atoms with Gasteiger partial charge in [-0.25, -0.2) is 4.68 Å². The van der Waals surface area contributed by atoms with Crippen LogP contribution in [0.5, 0.6) is 0 Å². The number of aromatic nitrogens is 3. The minimum atomic E-state index is 0.599. The van der Waals surface area contributed by atoms with Gasteiger partial charge in [-0.1, -0.05) is 24.3 Å². The molecule has 0 aliphatic heterocycles. The Morgan fingerprint density at radius 3 is 2.39 bits per heavy atom. The number of hydrogen-bond donors (Lipinski definition) is 1. The van der Waals surface area contributed by atoms with Crippen molar-refractivity contribution in [2.24, 2.45) is 0 Å². The highest BCUT2D eigenvalue weighted by Crippen LogP contribution is 2.20. The first-order chi connectivity index (χ1) is 8.84. The fourth-order valence-corrected chi connectivity index (χ4v) is 1.81. The van der Waals surface area contributed by atoms with Crippen molar-refractivity contribution in [2.75, 3.05) is 5.73 Å². The molecule has 0 fully saturated rings. The van der Waals surface area contributed by atoms with Crippen LogP contribution >= 0.6 is 0 Å². The van der Waals surface area contributed by atoms with Crippen LogP contribution in [-0.2, 0) is 0 Å². The summed E-state index contributed by atoms with van der Waals surface area (Å²) in [6.07, 6.45) is 1.74. The van der Waals surface area contributed by atoms with Crippen molar-refractivity contribution in [3.05, 3.63) is 60.8 Å². The maximum atomic E-state index is 5.98. The lowest BCUT2D eigenvalue weighted by Gasteiger charge is -2.02. The lowest BCUT2D eigenvalue weighted by atomic mass is 10.3. The first-order valence-electron chi connectivity index (χ1n) is 5.67. The molecular formula is C14H12N4. The fraction of sp³-hybridized carbons (Fsp3) is 0. The highest BCUT2D eigenvalue weighted by atomic mass is 15.3. The van der Waals surface area contributed by atoms with E-state index in [1.54, 1.807) is 10.9 Å². The van der Waals surface area contributed by atoms with Gasteiger partial charge in [0.1, 0.15) is 11.5 Å². The number of nitrogen functional groups attached to an aromatic ring is 1. The van der Waals surface area contributed by atoms with Gasteiger partial charge in [-0.3, -0.25) is 4.98 Å². The van der Waals surface area contributed by atoms with Gasteiger partial charge in [-0.2, -0.15) is 5.10 Å². The van der Waals surface area contributed by atoms with Crippen molar-refractivity contribution in [1.29, 1.82) is 0 Å². The van der Waals surface area contributed by atoms with E-state index in [2.05, 4.69) is 10.1 Å². The first-order valence-corrected chi connectivity index (χ1v) is 5.67. The van der Waals surface area contributed by atoms with Crippen LogP contribution in [0.15, 0.2) is 60.8 Å². The highest BCUT2D eigenvalue weighted by Gasteiger charge is 2.08. The molecule has 0 spiro atoms. The van der Waals surface area contributed by atoms with Gasteiger partial charge < -0.3 is 5.73 Å². The molecule has 0 aliphatic rings. The summed E-state index contributed by atoms with van der Waals surface area (Å²) >= 11 is 0. The van der Waals surface area contributed by atoms with E-state index < -0.39 is 0 Å². The number of nitrogens with zero attached hydrogens (tertiary/aromatic N) is 3. The molecule has 0 radical (unpaired) electrons. The van der Waals surface area contributed by atoms with Crippen molar-refractivity contribution in [1.82, 2.24) is 14.8 Å². The van der Waals surface area contributed by atoms with E-state index in [1.165, 1.54) is 0 Å². The summed E-state index contributed by atoms with van der Waals surface area (Å²) in [4.78, 5) is 4.27. The van der Waals surface area contributed by atoms with Gasteiger partial charge >= 0.3 is 0 Å². The Hall–Kier alpha value is -2.62. The smallest absolute Gasteiger partial charge is 0.127 e. The molecule has 0 aliphatic carbocycles. The topological polar surface area (TPSA) is 56.7 Å². The predicted molar refractivity (Wildman–Crippen MR) is 71.2 cm³/mol.